The van der Waals surface area contributed by atoms with Crippen molar-refractivity contribution in [3.63, 3.8) is 0 Å². The van der Waals surface area contributed by atoms with Crippen LogP contribution < -0.4 is 5.32 Å². The summed E-state index contributed by atoms with van der Waals surface area (Å²) < 4.78 is 0. The molecule has 0 bridgehead atoms. The van der Waals surface area contributed by atoms with Crippen molar-refractivity contribution in [3.05, 3.63) is 53.0 Å². The summed E-state index contributed by atoms with van der Waals surface area (Å²) in [6, 6.07) is 7.58. The SMILES string of the molecule is Cc1n[nH]c(C)c1CNC(=O)c1ccc2[nH]ccc2c1. The molecular weight excluding hydrogens is 252 g/mol. The van der Waals surface area contributed by atoms with Gasteiger partial charge in [0.05, 0.1) is 5.69 Å². The highest BCUT2D eigenvalue weighted by Gasteiger charge is 2.10. The van der Waals surface area contributed by atoms with Crippen LogP contribution in [0, 0.1) is 13.8 Å². The van der Waals surface area contributed by atoms with Crippen molar-refractivity contribution in [1.82, 2.24) is 20.5 Å². The van der Waals surface area contributed by atoms with Crippen molar-refractivity contribution >= 4 is 16.8 Å². The molecule has 0 unspecified atom stereocenters. The van der Waals surface area contributed by atoms with Gasteiger partial charge in [-0.25, -0.2) is 0 Å². The van der Waals surface area contributed by atoms with Gasteiger partial charge in [0, 0.05) is 40.5 Å². The lowest BCUT2D eigenvalue weighted by atomic mass is 10.1. The van der Waals surface area contributed by atoms with Crippen LogP contribution in [0.2, 0.25) is 0 Å². The number of aromatic nitrogens is 3. The summed E-state index contributed by atoms with van der Waals surface area (Å²) in [4.78, 5) is 15.3. The number of amides is 1. The minimum Gasteiger partial charge on any atom is -0.361 e. The molecule has 0 saturated heterocycles. The van der Waals surface area contributed by atoms with E-state index >= 15 is 0 Å². The van der Waals surface area contributed by atoms with E-state index in [2.05, 4.69) is 20.5 Å². The van der Waals surface area contributed by atoms with Gasteiger partial charge in [-0.05, 0) is 38.1 Å². The normalized spacial score (nSPS) is 10.9. The van der Waals surface area contributed by atoms with E-state index in [1.165, 1.54) is 0 Å². The summed E-state index contributed by atoms with van der Waals surface area (Å²) in [5, 5.41) is 11.0. The Bertz CT molecular complexity index is 750. The zero-order chi connectivity index (χ0) is 14.1. The lowest BCUT2D eigenvalue weighted by molar-refractivity contribution is 0.0951. The summed E-state index contributed by atoms with van der Waals surface area (Å²) in [6.07, 6.45) is 1.87. The van der Waals surface area contributed by atoms with Crippen molar-refractivity contribution in [2.24, 2.45) is 0 Å². The maximum absolute atomic E-state index is 12.2. The standard InChI is InChI=1S/C15H16N4O/c1-9-13(10(2)19-18-9)8-17-15(20)12-3-4-14-11(7-12)5-6-16-14/h3-7,16H,8H2,1-2H3,(H,17,20)(H,18,19). The van der Waals surface area contributed by atoms with E-state index in [0.717, 1.165) is 27.9 Å². The number of hydrogen-bond donors (Lipinski definition) is 3. The van der Waals surface area contributed by atoms with Crippen molar-refractivity contribution in [3.8, 4) is 0 Å². The first-order valence-corrected chi connectivity index (χ1v) is 6.51. The van der Waals surface area contributed by atoms with E-state index in [1.807, 2.05) is 44.3 Å². The molecule has 2 aromatic heterocycles. The summed E-state index contributed by atoms with van der Waals surface area (Å²) in [5.41, 5.74) is 4.65. The van der Waals surface area contributed by atoms with E-state index < -0.39 is 0 Å². The molecule has 20 heavy (non-hydrogen) atoms. The quantitative estimate of drug-likeness (QED) is 0.682. The predicted molar refractivity (Wildman–Crippen MR) is 77.5 cm³/mol. The zero-order valence-electron chi connectivity index (χ0n) is 11.4. The molecule has 0 fully saturated rings. The molecule has 0 aliphatic rings. The molecule has 0 radical (unpaired) electrons. The van der Waals surface area contributed by atoms with Gasteiger partial charge >= 0.3 is 0 Å². The van der Waals surface area contributed by atoms with E-state index in [0.29, 0.717) is 12.1 Å². The molecule has 0 aliphatic carbocycles. The number of aromatic amines is 2. The van der Waals surface area contributed by atoms with Gasteiger partial charge in [-0.3, -0.25) is 9.89 Å². The summed E-state index contributed by atoms with van der Waals surface area (Å²) >= 11 is 0. The van der Waals surface area contributed by atoms with Crippen LogP contribution in [-0.4, -0.2) is 21.1 Å². The van der Waals surface area contributed by atoms with Crippen molar-refractivity contribution in [2.75, 3.05) is 0 Å². The van der Waals surface area contributed by atoms with Gasteiger partial charge in [0.25, 0.3) is 5.91 Å². The Morgan fingerprint density at radius 1 is 1.30 bits per heavy atom. The monoisotopic (exact) mass is 268 g/mol. The van der Waals surface area contributed by atoms with Crippen LogP contribution in [0.3, 0.4) is 0 Å². The Balaban J connectivity index is 1.76. The van der Waals surface area contributed by atoms with E-state index in [1.54, 1.807) is 0 Å². The van der Waals surface area contributed by atoms with Gasteiger partial charge in [-0.1, -0.05) is 0 Å². The van der Waals surface area contributed by atoms with Crippen LogP contribution in [0.5, 0.6) is 0 Å². The number of nitrogens with zero attached hydrogens (tertiary/aromatic N) is 1. The highest BCUT2D eigenvalue weighted by Crippen LogP contribution is 2.15. The fourth-order valence-electron chi connectivity index (χ4n) is 2.30. The third-order valence-electron chi connectivity index (χ3n) is 3.52. The van der Waals surface area contributed by atoms with Crippen LogP contribution in [0.25, 0.3) is 10.9 Å². The Morgan fingerprint density at radius 3 is 2.90 bits per heavy atom. The average molecular weight is 268 g/mol. The fourth-order valence-corrected chi connectivity index (χ4v) is 2.30. The van der Waals surface area contributed by atoms with Crippen LogP contribution in [0.1, 0.15) is 27.3 Å². The first-order chi connectivity index (χ1) is 9.65. The second-order valence-electron chi connectivity index (χ2n) is 4.87. The molecule has 5 heteroatoms. The molecule has 1 amide bonds. The Labute approximate surface area is 116 Å². The lowest BCUT2D eigenvalue weighted by Crippen LogP contribution is -2.23. The molecule has 2 heterocycles. The molecule has 1 aromatic carbocycles. The number of benzene rings is 1. The smallest absolute Gasteiger partial charge is 0.251 e. The first-order valence-electron chi connectivity index (χ1n) is 6.51. The molecule has 5 nitrogen and oxygen atoms in total. The molecular formula is C15H16N4O. The Hall–Kier alpha value is -2.56. The maximum atomic E-state index is 12.2. The third-order valence-corrected chi connectivity index (χ3v) is 3.52. The molecule has 0 aliphatic heterocycles. The molecule has 3 aromatic rings. The van der Waals surface area contributed by atoms with E-state index in [9.17, 15) is 4.79 Å². The zero-order valence-corrected chi connectivity index (χ0v) is 11.4. The van der Waals surface area contributed by atoms with Crippen molar-refractivity contribution < 1.29 is 4.79 Å². The molecule has 0 atom stereocenters. The number of carbonyl (C=O) groups excluding carboxylic acids is 1. The maximum Gasteiger partial charge on any atom is 0.251 e. The fraction of sp³-hybridized carbons (Fsp3) is 0.200. The number of nitrogens with one attached hydrogen (secondary N) is 3. The van der Waals surface area contributed by atoms with E-state index in [-0.39, 0.29) is 5.91 Å². The largest absolute Gasteiger partial charge is 0.361 e. The molecule has 0 spiro atoms. The predicted octanol–water partition coefficient (Wildman–Crippen LogP) is 2.44. The lowest BCUT2D eigenvalue weighted by Gasteiger charge is -2.06. The van der Waals surface area contributed by atoms with E-state index in [4.69, 9.17) is 0 Å². The highest BCUT2D eigenvalue weighted by atomic mass is 16.1. The first kappa shape index (κ1) is 12.5. The molecule has 0 saturated carbocycles. The van der Waals surface area contributed by atoms with Gasteiger partial charge in [0.1, 0.15) is 0 Å². The van der Waals surface area contributed by atoms with Gasteiger partial charge in [0.2, 0.25) is 0 Å². The highest BCUT2D eigenvalue weighted by molar-refractivity contribution is 5.98. The Morgan fingerprint density at radius 2 is 2.15 bits per heavy atom. The van der Waals surface area contributed by atoms with Crippen molar-refractivity contribution in [1.29, 1.82) is 0 Å². The second-order valence-corrected chi connectivity index (χ2v) is 4.87. The number of fused-ring (bicyclic) bond motifs is 1. The van der Waals surface area contributed by atoms with Crippen molar-refractivity contribution in [2.45, 2.75) is 20.4 Å². The molecule has 3 rings (SSSR count). The van der Waals surface area contributed by atoms with Crippen LogP contribution >= 0.6 is 0 Å². The topological polar surface area (TPSA) is 73.6 Å². The van der Waals surface area contributed by atoms with Gasteiger partial charge in [-0.15, -0.1) is 0 Å². The van der Waals surface area contributed by atoms with Gasteiger partial charge in [-0.2, -0.15) is 5.10 Å². The minimum absolute atomic E-state index is 0.0758. The number of rotatable bonds is 3. The number of aryl methyl sites for hydroxylation is 2. The van der Waals surface area contributed by atoms with Crippen LogP contribution in [0.15, 0.2) is 30.5 Å². The minimum atomic E-state index is -0.0758. The van der Waals surface area contributed by atoms with Gasteiger partial charge < -0.3 is 10.3 Å². The third kappa shape index (κ3) is 2.18. The Kier molecular flexibility index (Phi) is 3.02. The second kappa shape index (κ2) is 4.85. The number of H-pyrrole nitrogens is 2. The summed E-state index contributed by atoms with van der Waals surface area (Å²) in [5.74, 6) is -0.0758. The van der Waals surface area contributed by atoms with Crippen LogP contribution in [-0.2, 0) is 6.54 Å². The number of hydrogen-bond acceptors (Lipinski definition) is 2. The number of carbonyl (C=O) groups is 1. The average Bonchev–Trinajstić information content (AvgIpc) is 3.03. The summed E-state index contributed by atoms with van der Waals surface area (Å²) in [7, 11) is 0. The van der Waals surface area contributed by atoms with Crippen LogP contribution in [0.4, 0.5) is 0 Å². The summed E-state index contributed by atoms with van der Waals surface area (Å²) in [6.45, 7) is 4.36. The van der Waals surface area contributed by atoms with Gasteiger partial charge in [0.15, 0.2) is 0 Å². The molecule has 102 valence electrons. The molecule has 3 N–H and O–H groups in total.